The van der Waals surface area contributed by atoms with Gasteiger partial charge < -0.3 is 10.6 Å². The SMILES string of the molecule is CCC(C)NC(=O)CCNc1ccc(F)cc1C#N. The van der Waals surface area contributed by atoms with Crippen LogP contribution in [0.15, 0.2) is 18.2 Å². The van der Waals surface area contributed by atoms with Crippen molar-refractivity contribution in [1.29, 1.82) is 5.26 Å². The average molecular weight is 263 g/mol. The Kier molecular flexibility index (Phi) is 5.80. The van der Waals surface area contributed by atoms with Crippen LogP contribution in [-0.4, -0.2) is 18.5 Å². The van der Waals surface area contributed by atoms with Crippen molar-refractivity contribution < 1.29 is 9.18 Å². The van der Waals surface area contributed by atoms with Gasteiger partial charge in [0.2, 0.25) is 5.91 Å². The van der Waals surface area contributed by atoms with Crippen molar-refractivity contribution in [2.45, 2.75) is 32.7 Å². The molecule has 19 heavy (non-hydrogen) atoms. The summed E-state index contributed by atoms with van der Waals surface area (Å²) in [5, 5.41) is 14.7. The molecule has 5 heteroatoms. The Balaban J connectivity index is 2.46. The molecule has 0 spiro atoms. The fourth-order valence-corrected chi connectivity index (χ4v) is 1.52. The topological polar surface area (TPSA) is 64.9 Å². The van der Waals surface area contributed by atoms with Crippen molar-refractivity contribution in [2.24, 2.45) is 0 Å². The number of hydrogen-bond donors (Lipinski definition) is 2. The molecule has 0 saturated heterocycles. The monoisotopic (exact) mass is 263 g/mol. The van der Waals surface area contributed by atoms with Crippen LogP contribution in [0.4, 0.5) is 10.1 Å². The van der Waals surface area contributed by atoms with E-state index in [1.54, 1.807) is 0 Å². The molecule has 2 N–H and O–H groups in total. The lowest BCUT2D eigenvalue weighted by Gasteiger charge is -2.12. The second kappa shape index (κ2) is 7.37. The van der Waals surface area contributed by atoms with Crippen LogP contribution >= 0.6 is 0 Å². The van der Waals surface area contributed by atoms with Crippen molar-refractivity contribution in [3.05, 3.63) is 29.6 Å². The molecule has 1 unspecified atom stereocenters. The number of benzene rings is 1. The first-order chi connectivity index (χ1) is 9.06. The lowest BCUT2D eigenvalue weighted by atomic mass is 10.2. The number of nitrogens with one attached hydrogen (secondary N) is 2. The van der Waals surface area contributed by atoms with Crippen LogP contribution in [0.3, 0.4) is 0 Å². The Bertz CT molecular complexity index is 482. The summed E-state index contributed by atoms with van der Waals surface area (Å²) in [7, 11) is 0. The van der Waals surface area contributed by atoms with Gasteiger partial charge in [-0.1, -0.05) is 6.92 Å². The number of rotatable bonds is 6. The Hall–Kier alpha value is -2.09. The molecule has 1 aromatic carbocycles. The summed E-state index contributed by atoms with van der Waals surface area (Å²) in [5.41, 5.74) is 0.780. The lowest BCUT2D eigenvalue weighted by molar-refractivity contribution is -0.121. The number of halogens is 1. The highest BCUT2D eigenvalue weighted by atomic mass is 19.1. The fourth-order valence-electron chi connectivity index (χ4n) is 1.52. The molecule has 0 aliphatic rings. The number of anilines is 1. The van der Waals surface area contributed by atoms with Crippen LogP contribution in [0.1, 0.15) is 32.3 Å². The average Bonchev–Trinajstić information content (AvgIpc) is 2.40. The summed E-state index contributed by atoms with van der Waals surface area (Å²) >= 11 is 0. The number of carbonyl (C=O) groups excluding carboxylic acids is 1. The summed E-state index contributed by atoms with van der Waals surface area (Å²) in [6, 6.07) is 6.02. The minimum Gasteiger partial charge on any atom is -0.383 e. The van der Waals surface area contributed by atoms with Crippen LogP contribution < -0.4 is 10.6 Å². The maximum absolute atomic E-state index is 12.9. The van der Waals surface area contributed by atoms with Crippen LogP contribution in [0.25, 0.3) is 0 Å². The van der Waals surface area contributed by atoms with E-state index in [0.29, 0.717) is 18.7 Å². The van der Waals surface area contributed by atoms with Crippen LogP contribution in [0.5, 0.6) is 0 Å². The fraction of sp³-hybridized carbons (Fsp3) is 0.429. The number of amides is 1. The molecule has 1 aromatic rings. The predicted molar refractivity (Wildman–Crippen MR) is 72.1 cm³/mol. The molecule has 0 fully saturated rings. The summed E-state index contributed by atoms with van der Waals surface area (Å²) in [5.74, 6) is -0.487. The van der Waals surface area contributed by atoms with Gasteiger partial charge in [0.15, 0.2) is 0 Å². The second-order valence-electron chi connectivity index (χ2n) is 4.36. The first-order valence-electron chi connectivity index (χ1n) is 6.29. The summed E-state index contributed by atoms with van der Waals surface area (Å²) in [6.45, 7) is 4.35. The number of nitriles is 1. The largest absolute Gasteiger partial charge is 0.383 e. The van der Waals surface area contributed by atoms with Gasteiger partial charge in [0.1, 0.15) is 11.9 Å². The molecule has 1 atom stereocenters. The molecule has 102 valence electrons. The van der Waals surface area contributed by atoms with E-state index < -0.39 is 5.82 Å². The highest BCUT2D eigenvalue weighted by Gasteiger charge is 2.06. The molecular weight excluding hydrogens is 245 g/mol. The van der Waals surface area contributed by atoms with Gasteiger partial charge in [0.05, 0.1) is 11.3 Å². The maximum Gasteiger partial charge on any atom is 0.221 e. The van der Waals surface area contributed by atoms with E-state index in [-0.39, 0.29) is 17.5 Å². The maximum atomic E-state index is 12.9. The number of nitrogens with zero attached hydrogens (tertiary/aromatic N) is 1. The zero-order chi connectivity index (χ0) is 14.3. The van der Waals surface area contributed by atoms with Crippen molar-refractivity contribution in [2.75, 3.05) is 11.9 Å². The molecule has 1 amide bonds. The first-order valence-corrected chi connectivity index (χ1v) is 6.29. The number of hydrogen-bond acceptors (Lipinski definition) is 3. The minimum atomic E-state index is -0.448. The highest BCUT2D eigenvalue weighted by molar-refractivity contribution is 5.76. The third-order valence-electron chi connectivity index (χ3n) is 2.79. The molecule has 0 aliphatic heterocycles. The van der Waals surface area contributed by atoms with Gasteiger partial charge >= 0.3 is 0 Å². The van der Waals surface area contributed by atoms with Crippen molar-refractivity contribution in [1.82, 2.24) is 5.32 Å². The van der Waals surface area contributed by atoms with Crippen molar-refractivity contribution in [3.8, 4) is 6.07 Å². The molecular formula is C14H18FN3O. The van der Waals surface area contributed by atoms with Gasteiger partial charge in [-0.3, -0.25) is 4.79 Å². The van der Waals surface area contributed by atoms with E-state index in [4.69, 9.17) is 5.26 Å². The van der Waals surface area contributed by atoms with Gasteiger partial charge in [0, 0.05) is 19.0 Å². The number of carbonyl (C=O) groups is 1. The Morgan fingerprint density at radius 2 is 2.26 bits per heavy atom. The molecule has 0 heterocycles. The zero-order valence-corrected chi connectivity index (χ0v) is 11.2. The normalized spacial score (nSPS) is 11.5. The van der Waals surface area contributed by atoms with E-state index in [2.05, 4.69) is 10.6 Å². The molecule has 0 aliphatic carbocycles. The zero-order valence-electron chi connectivity index (χ0n) is 11.2. The van der Waals surface area contributed by atoms with Gasteiger partial charge in [-0.15, -0.1) is 0 Å². The molecule has 0 aromatic heterocycles. The van der Waals surface area contributed by atoms with E-state index in [1.807, 2.05) is 19.9 Å². The second-order valence-corrected chi connectivity index (χ2v) is 4.36. The standard InChI is InChI=1S/C14H18FN3O/c1-3-10(2)18-14(19)6-7-17-13-5-4-12(15)8-11(13)9-16/h4-5,8,10,17H,3,6-7H2,1-2H3,(H,18,19). The van der Waals surface area contributed by atoms with Crippen LogP contribution in [-0.2, 0) is 4.79 Å². The third kappa shape index (κ3) is 4.96. The Morgan fingerprint density at radius 1 is 1.53 bits per heavy atom. The van der Waals surface area contributed by atoms with Crippen molar-refractivity contribution >= 4 is 11.6 Å². The van der Waals surface area contributed by atoms with E-state index in [1.165, 1.54) is 18.2 Å². The van der Waals surface area contributed by atoms with E-state index in [0.717, 1.165) is 6.42 Å². The highest BCUT2D eigenvalue weighted by Crippen LogP contribution is 2.15. The predicted octanol–water partition coefficient (Wildman–Crippen LogP) is 2.41. The van der Waals surface area contributed by atoms with Gasteiger partial charge in [-0.25, -0.2) is 4.39 Å². The molecule has 0 bridgehead atoms. The van der Waals surface area contributed by atoms with Gasteiger partial charge in [-0.2, -0.15) is 5.26 Å². The molecule has 0 radical (unpaired) electrons. The van der Waals surface area contributed by atoms with Gasteiger partial charge in [0.25, 0.3) is 0 Å². The summed E-state index contributed by atoms with van der Waals surface area (Å²) < 4.78 is 12.9. The van der Waals surface area contributed by atoms with Crippen molar-refractivity contribution in [3.63, 3.8) is 0 Å². The Labute approximate surface area is 112 Å². The van der Waals surface area contributed by atoms with E-state index >= 15 is 0 Å². The van der Waals surface area contributed by atoms with E-state index in [9.17, 15) is 9.18 Å². The smallest absolute Gasteiger partial charge is 0.221 e. The third-order valence-corrected chi connectivity index (χ3v) is 2.79. The Morgan fingerprint density at radius 3 is 2.89 bits per heavy atom. The quantitative estimate of drug-likeness (QED) is 0.828. The molecule has 4 nitrogen and oxygen atoms in total. The lowest BCUT2D eigenvalue weighted by Crippen LogP contribution is -2.32. The summed E-state index contributed by atoms with van der Waals surface area (Å²) in [6.07, 6.45) is 1.20. The minimum absolute atomic E-state index is 0.0394. The molecule has 1 rings (SSSR count). The molecule has 0 saturated carbocycles. The van der Waals surface area contributed by atoms with Crippen LogP contribution in [0, 0.1) is 17.1 Å². The first kappa shape index (κ1) is 15.0. The summed E-state index contributed by atoms with van der Waals surface area (Å²) in [4.78, 5) is 11.5. The van der Waals surface area contributed by atoms with Crippen LogP contribution in [0.2, 0.25) is 0 Å². The van der Waals surface area contributed by atoms with Gasteiger partial charge in [-0.05, 0) is 31.5 Å².